The van der Waals surface area contributed by atoms with Gasteiger partial charge in [-0.2, -0.15) is 0 Å². The number of primary amides is 1. The third-order valence-corrected chi connectivity index (χ3v) is 11.7. The van der Waals surface area contributed by atoms with E-state index in [1.807, 2.05) is 104 Å². The van der Waals surface area contributed by atoms with E-state index in [0.717, 1.165) is 5.92 Å². The van der Waals surface area contributed by atoms with Crippen LogP contribution in [-0.2, 0) is 66.8 Å². The predicted molar refractivity (Wildman–Crippen MR) is 337 cm³/mol. The van der Waals surface area contributed by atoms with Gasteiger partial charge in [-0.1, -0.05) is 138 Å². The zero-order chi connectivity index (χ0) is 68.9. The number of aliphatic hydroxyl groups excluding tert-OH is 4. The Kier molecular flexibility index (Phi) is 57.3. The molecular weight excluding hydrogens is 1100 g/mol. The van der Waals surface area contributed by atoms with Crippen LogP contribution in [0.5, 0.6) is 0 Å². The molecule has 2 amide bonds. The van der Waals surface area contributed by atoms with Gasteiger partial charge in [0.2, 0.25) is 11.8 Å². The van der Waals surface area contributed by atoms with Gasteiger partial charge in [-0.3, -0.25) is 38.4 Å². The maximum Gasteiger partial charge on any atom is 0.310 e. The summed E-state index contributed by atoms with van der Waals surface area (Å²) in [6.45, 7) is 48.6. The fraction of sp³-hybridized carbons (Fsp3) is 0.875. The van der Waals surface area contributed by atoms with Crippen LogP contribution in [0.4, 0.5) is 0 Å². The summed E-state index contributed by atoms with van der Waals surface area (Å²) in [5.74, 6) is 1.57. The number of carbonyl (C=O) groups is 8. The zero-order valence-corrected chi connectivity index (χ0v) is 58.5. The summed E-state index contributed by atoms with van der Waals surface area (Å²) in [4.78, 5) is 87.1. The van der Waals surface area contributed by atoms with Crippen molar-refractivity contribution >= 4 is 46.7 Å². The minimum Gasteiger partial charge on any atom is -0.469 e. The first kappa shape index (κ1) is 95.0. The highest BCUT2D eigenvalue weighted by molar-refractivity contribution is 5.84. The number of hydrogen-bond acceptors (Lipinski definition) is 19. The van der Waals surface area contributed by atoms with Crippen LogP contribution in [0.3, 0.4) is 0 Å². The molecule has 0 bridgehead atoms. The van der Waals surface area contributed by atoms with Crippen molar-refractivity contribution in [3.05, 3.63) is 0 Å². The largest absolute Gasteiger partial charge is 0.469 e. The molecule has 9 N–H and O–H groups in total. The van der Waals surface area contributed by atoms with E-state index < -0.39 is 37.3 Å². The van der Waals surface area contributed by atoms with Crippen molar-refractivity contribution in [1.82, 2.24) is 5.32 Å². The molecule has 21 nitrogen and oxygen atoms in total. The number of Topliss-reactive ketones (excluding diaryl/α,β-unsaturated/α-hetero) is 5. The quantitative estimate of drug-likeness (QED) is 0.0353. The Labute approximate surface area is 515 Å². The smallest absolute Gasteiger partial charge is 0.310 e. The second kappa shape index (κ2) is 51.3. The first-order chi connectivity index (χ1) is 38.4. The fourth-order valence-corrected chi connectivity index (χ4v) is 5.57. The molecule has 0 aromatic heterocycles. The summed E-state index contributed by atoms with van der Waals surface area (Å²) in [5.41, 5.74) is 9.41. The van der Waals surface area contributed by atoms with E-state index in [1.165, 1.54) is 13.5 Å². The molecule has 0 aromatic rings. The Bertz CT molecular complexity index is 1740. The third kappa shape index (κ3) is 63.2. The topological polar surface area (TPSA) is 337 Å². The number of nitrogens with one attached hydrogen (secondary N) is 1. The first-order valence-corrected chi connectivity index (χ1v) is 29.9. The predicted octanol–water partition coefficient (Wildman–Crippen LogP) is 8.20. The number of ketones is 5. The average Bonchev–Trinajstić information content (AvgIpc) is 3.50. The summed E-state index contributed by atoms with van der Waals surface area (Å²) in [5, 5.41) is 40.8. The van der Waals surface area contributed by atoms with E-state index in [1.54, 1.807) is 41.9 Å². The van der Waals surface area contributed by atoms with E-state index in [0.29, 0.717) is 70.4 Å². The highest BCUT2D eigenvalue weighted by Gasteiger charge is 2.44. The molecule has 0 radical (unpaired) electrons. The number of carbonyl (C=O) groups excluding carboxylic acids is 8. The third-order valence-electron chi connectivity index (χ3n) is 11.7. The lowest BCUT2D eigenvalue weighted by atomic mass is 9.86. The van der Waals surface area contributed by atoms with Crippen LogP contribution in [0.15, 0.2) is 0 Å². The van der Waals surface area contributed by atoms with Gasteiger partial charge in [0.25, 0.3) is 0 Å². The summed E-state index contributed by atoms with van der Waals surface area (Å²) in [6, 6.07) is 0. The van der Waals surface area contributed by atoms with Crippen molar-refractivity contribution in [3.8, 4) is 0 Å². The van der Waals surface area contributed by atoms with Gasteiger partial charge in [0, 0.05) is 80.4 Å². The van der Waals surface area contributed by atoms with E-state index in [9.17, 15) is 53.7 Å². The highest BCUT2D eigenvalue weighted by atomic mass is 16.7. The van der Waals surface area contributed by atoms with Gasteiger partial charge in [-0.05, 0) is 58.3 Å². The van der Waals surface area contributed by atoms with Crippen LogP contribution in [-0.4, -0.2) is 172 Å². The van der Waals surface area contributed by atoms with Crippen LogP contribution in [0.25, 0.3) is 0 Å². The number of amides is 2. The normalized spacial score (nSPS) is 16.6. The molecule has 508 valence electrons. The first-order valence-electron chi connectivity index (χ1n) is 29.9. The monoisotopic (exact) mass is 1230 g/mol. The standard InChI is InChI=1S/C17H31NO8.C9H18O3.C8H16O2.C8H18.C6H12O2.C6H12O.2C5H11NO/c1-10(2)11(20)5-3-4-6-13(21)18-7-8-25-17-16(24)15(23)14(22)12(9-19)26-17;1-8(2)9(10)4-5-12-7-6-11-3;1-8(2,3)7(9)5-6-10-4;1-7(2)6-8(3,4)5;1-6(2,3)5(7)8-4;1-5(7)6(2,3)4;1-5(2,3)4(6)7;1-4(2)5(7)3-6/h10,12,14-17,19,22-24H,3-9H2,1-2H3,(H,18,21);8H,4-7H2,1-3H3;5-6H2,1-4H3;7H,6H2,1-5H3;1-4H3;1-4H3;1-3H3,(H2,6,7);4H,3,6H2,1-2H3/t12-,14-,15+,16-,17-;;;;;;;/m1......./s1. The fourth-order valence-electron chi connectivity index (χ4n) is 5.57. The Hall–Kier alpha value is -3.64. The number of aliphatic hydroxyl groups is 4. The Morgan fingerprint density at radius 2 is 0.988 bits per heavy atom. The van der Waals surface area contributed by atoms with Crippen molar-refractivity contribution < 1.29 is 87.2 Å². The molecule has 1 heterocycles. The molecule has 0 saturated carbocycles. The van der Waals surface area contributed by atoms with Crippen LogP contribution in [0.1, 0.15) is 211 Å². The summed E-state index contributed by atoms with van der Waals surface area (Å²) >= 11 is 0. The van der Waals surface area contributed by atoms with Crippen molar-refractivity contribution in [2.75, 3.05) is 74.1 Å². The molecule has 1 aliphatic rings. The molecule has 0 aliphatic carbocycles. The summed E-state index contributed by atoms with van der Waals surface area (Å²) in [6.07, 6.45) is -2.16. The summed E-state index contributed by atoms with van der Waals surface area (Å²) in [7, 11) is 4.63. The van der Waals surface area contributed by atoms with E-state index in [-0.39, 0.29) is 106 Å². The van der Waals surface area contributed by atoms with Gasteiger partial charge in [-0.25, -0.2) is 0 Å². The minimum absolute atomic E-state index is 0.0170. The van der Waals surface area contributed by atoms with Crippen molar-refractivity contribution in [3.63, 3.8) is 0 Å². The van der Waals surface area contributed by atoms with Gasteiger partial charge >= 0.3 is 5.97 Å². The van der Waals surface area contributed by atoms with Crippen molar-refractivity contribution in [2.24, 2.45) is 62.2 Å². The molecule has 1 fully saturated rings. The lowest BCUT2D eigenvalue weighted by Gasteiger charge is -2.39. The molecule has 21 heteroatoms. The van der Waals surface area contributed by atoms with Crippen LogP contribution >= 0.6 is 0 Å². The average molecular weight is 1230 g/mol. The summed E-state index contributed by atoms with van der Waals surface area (Å²) < 4.78 is 29.6. The maximum absolute atomic E-state index is 11.7. The number of nitrogens with two attached hydrogens (primary N) is 2. The van der Waals surface area contributed by atoms with Crippen LogP contribution in [0, 0.1) is 50.7 Å². The molecule has 1 aliphatic heterocycles. The number of unbranched alkanes of at least 4 members (excludes halogenated alkanes) is 1. The number of hydrogen-bond donors (Lipinski definition) is 7. The van der Waals surface area contributed by atoms with Gasteiger partial charge in [0.1, 0.15) is 53.3 Å². The van der Waals surface area contributed by atoms with Crippen molar-refractivity contribution in [1.29, 1.82) is 0 Å². The molecule has 0 aromatic carbocycles. The van der Waals surface area contributed by atoms with Gasteiger partial charge in [-0.15, -0.1) is 0 Å². The SMILES string of the molecule is CC(=O)C(C)(C)C.CC(C)(C)C(N)=O.CC(C)C(=O)CCCCC(=O)NCCO[C@@H]1O[C@H](CO)[C@@H](O)[C@H](O)[C@H]1O.CC(C)C(=O)CN.CC(C)CC(C)(C)C.COC(=O)C(C)(C)C.COCCC(=O)C(C)(C)C.COCCOCCC(=O)C(C)C. The molecule has 5 atom stereocenters. The number of methoxy groups -OCH3 is 3. The van der Waals surface area contributed by atoms with E-state index in [2.05, 4.69) is 44.7 Å². The lowest BCUT2D eigenvalue weighted by Crippen LogP contribution is -2.59. The Morgan fingerprint density at radius 3 is 1.28 bits per heavy atom. The van der Waals surface area contributed by atoms with E-state index in [4.69, 9.17) is 40.3 Å². The maximum atomic E-state index is 11.7. The van der Waals surface area contributed by atoms with Crippen LogP contribution < -0.4 is 16.8 Å². The highest BCUT2D eigenvalue weighted by Crippen LogP contribution is 2.24. The van der Waals surface area contributed by atoms with E-state index >= 15 is 0 Å². The van der Waals surface area contributed by atoms with Gasteiger partial charge in [0.05, 0.1) is 58.7 Å². The molecular formula is C64H129N3O18. The Balaban J connectivity index is -0.000000175. The second-order valence-electron chi connectivity index (χ2n) is 27.3. The zero-order valence-electron chi connectivity index (χ0n) is 58.5. The molecule has 0 spiro atoms. The minimum atomic E-state index is -1.49. The van der Waals surface area contributed by atoms with Crippen molar-refractivity contribution in [2.45, 2.75) is 242 Å². The number of ether oxygens (including phenoxy) is 6. The molecule has 85 heavy (non-hydrogen) atoms. The number of esters is 1. The lowest BCUT2D eigenvalue weighted by molar-refractivity contribution is -0.300. The molecule has 0 unspecified atom stereocenters. The molecule has 1 rings (SSSR count). The van der Waals surface area contributed by atoms with Crippen LogP contribution in [0.2, 0.25) is 0 Å². The molecule has 1 saturated heterocycles. The second-order valence-corrected chi connectivity index (χ2v) is 27.3. The van der Waals surface area contributed by atoms with Gasteiger partial charge in [0.15, 0.2) is 6.29 Å². The Morgan fingerprint density at radius 1 is 0.553 bits per heavy atom. The number of rotatable bonds is 24. The van der Waals surface area contributed by atoms with Gasteiger partial charge < -0.3 is 65.6 Å².